The highest BCUT2D eigenvalue weighted by Crippen LogP contribution is 2.50. The summed E-state index contributed by atoms with van der Waals surface area (Å²) >= 11 is 0. The molecule has 0 atom stereocenters. The van der Waals surface area contributed by atoms with Crippen LogP contribution in [-0.2, 0) is 13.6 Å². The van der Waals surface area contributed by atoms with E-state index in [9.17, 15) is 4.57 Å². The number of unbranched alkanes of at least 4 members (excludes halogenated alkanes) is 1. The SMILES string of the molecule is CCCC=CP(=O)(OCCC)OCCC. The average Bonchev–Trinajstić information content (AvgIpc) is 2.24. The Morgan fingerprint density at radius 3 is 1.93 bits per heavy atom. The van der Waals surface area contributed by atoms with E-state index < -0.39 is 7.60 Å². The second kappa shape index (κ2) is 9.14. The van der Waals surface area contributed by atoms with E-state index in [-0.39, 0.29) is 0 Å². The summed E-state index contributed by atoms with van der Waals surface area (Å²) in [7, 11) is -2.96. The molecule has 15 heavy (non-hydrogen) atoms. The van der Waals surface area contributed by atoms with Crippen molar-refractivity contribution in [2.75, 3.05) is 13.2 Å². The van der Waals surface area contributed by atoms with Crippen LogP contribution < -0.4 is 0 Å². The maximum absolute atomic E-state index is 12.1. The summed E-state index contributed by atoms with van der Waals surface area (Å²) in [6.07, 6.45) is 5.53. The molecule has 0 aromatic rings. The molecule has 0 heterocycles. The molecule has 0 spiro atoms. The summed E-state index contributed by atoms with van der Waals surface area (Å²) in [5.41, 5.74) is 0. The van der Waals surface area contributed by atoms with Crippen LogP contribution in [0.4, 0.5) is 0 Å². The summed E-state index contributed by atoms with van der Waals surface area (Å²) in [5.74, 6) is 1.60. The van der Waals surface area contributed by atoms with Gasteiger partial charge in [-0.25, -0.2) is 0 Å². The molecule has 0 aliphatic heterocycles. The topological polar surface area (TPSA) is 35.5 Å². The molecule has 4 heteroatoms. The molecule has 0 aromatic heterocycles. The molecule has 0 fully saturated rings. The maximum Gasteiger partial charge on any atom is 0.353 e. The van der Waals surface area contributed by atoms with Gasteiger partial charge in [-0.3, -0.25) is 4.57 Å². The van der Waals surface area contributed by atoms with Crippen molar-refractivity contribution in [3.63, 3.8) is 0 Å². The number of allylic oxidation sites excluding steroid dienone is 1. The first-order valence-corrected chi connectivity index (χ1v) is 7.36. The van der Waals surface area contributed by atoms with E-state index >= 15 is 0 Å². The van der Waals surface area contributed by atoms with Crippen LogP contribution >= 0.6 is 7.60 Å². The van der Waals surface area contributed by atoms with Crippen LogP contribution in [0, 0.1) is 0 Å². The fourth-order valence-corrected chi connectivity index (χ4v) is 2.46. The summed E-state index contributed by atoms with van der Waals surface area (Å²) in [4.78, 5) is 0. The Kier molecular flexibility index (Phi) is 9.07. The van der Waals surface area contributed by atoms with Crippen molar-refractivity contribution in [2.45, 2.75) is 46.5 Å². The van der Waals surface area contributed by atoms with E-state index in [1.54, 1.807) is 5.82 Å². The summed E-state index contributed by atoms with van der Waals surface area (Å²) in [6.45, 7) is 7.02. The molecule has 0 saturated heterocycles. The van der Waals surface area contributed by atoms with Crippen molar-refractivity contribution < 1.29 is 13.6 Å². The fourth-order valence-electron chi connectivity index (χ4n) is 0.931. The molecule has 0 saturated carbocycles. The van der Waals surface area contributed by atoms with Gasteiger partial charge in [0.2, 0.25) is 0 Å². The Labute approximate surface area is 93.4 Å². The molecule has 0 rings (SSSR count). The lowest BCUT2D eigenvalue weighted by atomic mass is 10.3. The van der Waals surface area contributed by atoms with Crippen LogP contribution in [-0.4, -0.2) is 13.2 Å². The average molecular weight is 234 g/mol. The van der Waals surface area contributed by atoms with Crippen LogP contribution in [0.3, 0.4) is 0 Å². The first kappa shape index (κ1) is 14.9. The zero-order valence-electron chi connectivity index (χ0n) is 10.1. The highest BCUT2D eigenvalue weighted by molar-refractivity contribution is 7.57. The van der Waals surface area contributed by atoms with Gasteiger partial charge < -0.3 is 9.05 Å². The third-order valence-corrected chi connectivity index (χ3v) is 3.35. The lowest BCUT2D eigenvalue weighted by molar-refractivity contribution is 0.212. The Hall–Kier alpha value is -0.110. The molecule has 0 unspecified atom stereocenters. The normalized spacial score (nSPS) is 12.5. The second-order valence-electron chi connectivity index (χ2n) is 3.38. The Morgan fingerprint density at radius 2 is 1.53 bits per heavy atom. The molecule has 0 aliphatic rings. The minimum Gasteiger partial charge on any atom is -0.306 e. The molecule has 0 aliphatic carbocycles. The van der Waals surface area contributed by atoms with E-state index in [0.717, 1.165) is 25.7 Å². The lowest BCUT2D eigenvalue weighted by Crippen LogP contribution is -1.96. The predicted octanol–water partition coefficient (Wildman–Crippen LogP) is 4.35. The van der Waals surface area contributed by atoms with Gasteiger partial charge in [0.1, 0.15) is 0 Å². The van der Waals surface area contributed by atoms with Gasteiger partial charge in [-0.2, -0.15) is 0 Å². The molecular formula is C11H23O3P. The molecule has 90 valence electrons. The van der Waals surface area contributed by atoms with Crippen molar-refractivity contribution in [2.24, 2.45) is 0 Å². The summed E-state index contributed by atoms with van der Waals surface area (Å²) in [6, 6.07) is 0. The van der Waals surface area contributed by atoms with E-state index in [4.69, 9.17) is 9.05 Å². The minimum atomic E-state index is -2.96. The first-order chi connectivity index (χ1) is 7.18. The maximum atomic E-state index is 12.1. The van der Waals surface area contributed by atoms with E-state index in [0.29, 0.717) is 13.2 Å². The van der Waals surface area contributed by atoms with Gasteiger partial charge in [0.05, 0.1) is 13.2 Å². The molecule has 3 nitrogen and oxygen atoms in total. The first-order valence-electron chi connectivity index (χ1n) is 5.75. The fraction of sp³-hybridized carbons (Fsp3) is 0.818. The van der Waals surface area contributed by atoms with E-state index in [1.165, 1.54) is 0 Å². The molecule has 0 bridgehead atoms. The van der Waals surface area contributed by atoms with Gasteiger partial charge in [-0.05, 0) is 19.3 Å². The molecular weight excluding hydrogens is 211 g/mol. The van der Waals surface area contributed by atoms with Crippen LogP contribution in [0.25, 0.3) is 0 Å². The van der Waals surface area contributed by atoms with Crippen molar-refractivity contribution in [3.05, 3.63) is 11.9 Å². The van der Waals surface area contributed by atoms with Gasteiger partial charge >= 0.3 is 7.60 Å². The third kappa shape index (κ3) is 7.78. The third-order valence-electron chi connectivity index (χ3n) is 1.69. The number of hydrogen-bond acceptors (Lipinski definition) is 3. The van der Waals surface area contributed by atoms with Crippen molar-refractivity contribution in [3.8, 4) is 0 Å². The van der Waals surface area contributed by atoms with Crippen molar-refractivity contribution >= 4 is 7.60 Å². The zero-order valence-corrected chi connectivity index (χ0v) is 11.0. The van der Waals surface area contributed by atoms with Gasteiger partial charge in [0.25, 0.3) is 0 Å². The quantitative estimate of drug-likeness (QED) is 0.556. The lowest BCUT2D eigenvalue weighted by Gasteiger charge is -2.14. The highest BCUT2D eigenvalue weighted by Gasteiger charge is 2.19. The molecule has 0 N–H and O–H groups in total. The smallest absolute Gasteiger partial charge is 0.306 e. The van der Waals surface area contributed by atoms with Crippen LogP contribution in [0.1, 0.15) is 46.5 Å². The molecule has 0 amide bonds. The van der Waals surface area contributed by atoms with Crippen LogP contribution in [0.15, 0.2) is 11.9 Å². The highest BCUT2D eigenvalue weighted by atomic mass is 31.2. The molecule has 0 radical (unpaired) electrons. The Morgan fingerprint density at radius 1 is 1.00 bits per heavy atom. The summed E-state index contributed by atoms with van der Waals surface area (Å²) < 4.78 is 22.6. The van der Waals surface area contributed by atoms with Gasteiger partial charge in [0.15, 0.2) is 0 Å². The largest absolute Gasteiger partial charge is 0.353 e. The predicted molar refractivity (Wildman–Crippen MR) is 64.1 cm³/mol. The number of rotatable bonds is 9. The second-order valence-corrected chi connectivity index (χ2v) is 5.27. The van der Waals surface area contributed by atoms with Gasteiger partial charge in [0, 0.05) is 5.82 Å². The van der Waals surface area contributed by atoms with Crippen molar-refractivity contribution in [1.82, 2.24) is 0 Å². The monoisotopic (exact) mass is 234 g/mol. The van der Waals surface area contributed by atoms with Crippen LogP contribution in [0.2, 0.25) is 0 Å². The number of hydrogen-bond donors (Lipinski definition) is 0. The molecule has 0 aromatic carbocycles. The Bertz CT molecular complexity index is 202. The Balaban J connectivity index is 4.19. The van der Waals surface area contributed by atoms with Crippen LogP contribution in [0.5, 0.6) is 0 Å². The van der Waals surface area contributed by atoms with E-state index in [2.05, 4.69) is 6.92 Å². The van der Waals surface area contributed by atoms with Crippen molar-refractivity contribution in [1.29, 1.82) is 0 Å². The van der Waals surface area contributed by atoms with Gasteiger partial charge in [-0.1, -0.05) is 33.3 Å². The van der Waals surface area contributed by atoms with Gasteiger partial charge in [-0.15, -0.1) is 0 Å². The van der Waals surface area contributed by atoms with E-state index in [1.807, 2.05) is 19.9 Å². The summed E-state index contributed by atoms with van der Waals surface area (Å²) in [5, 5.41) is 0. The minimum absolute atomic E-state index is 0.484. The zero-order chi connectivity index (χ0) is 11.6. The standard InChI is InChI=1S/C11H23O3P/c1-4-7-8-11-15(12,13-9-5-2)14-10-6-3/h8,11H,4-7,9-10H2,1-3H3.